The number of pyridine rings is 1. The Morgan fingerprint density at radius 1 is 1.38 bits per heavy atom. The van der Waals surface area contributed by atoms with Gasteiger partial charge in [0.05, 0.1) is 23.2 Å². The lowest BCUT2D eigenvalue weighted by Gasteiger charge is -2.06. The molecule has 1 amide bonds. The predicted molar refractivity (Wildman–Crippen MR) is 101 cm³/mol. The number of hydrogen-bond acceptors (Lipinski definition) is 6. The van der Waals surface area contributed by atoms with Gasteiger partial charge in [-0.25, -0.2) is 4.68 Å². The summed E-state index contributed by atoms with van der Waals surface area (Å²) in [6.45, 7) is 2.55. The van der Waals surface area contributed by atoms with E-state index in [4.69, 9.17) is 5.73 Å². The molecule has 132 valence electrons. The molecular formula is C18H17N5O2S. The molecule has 3 N–H and O–H groups in total. The van der Waals surface area contributed by atoms with Crippen molar-refractivity contribution in [1.82, 2.24) is 9.66 Å². The maximum Gasteiger partial charge on any atom is 0.252 e. The summed E-state index contributed by atoms with van der Waals surface area (Å²) in [7, 11) is 0. The van der Waals surface area contributed by atoms with E-state index in [-0.39, 0.29) is 11.3 Å². The molecule has 0 spiro atoms. The topological polar surface area (TPSA) is 106 Å². The maximum atomic E-state index is 11.5. The van der Waals surface area contributed by atoms with E-state index >= 15 is 0 Å². The van der Waals surface area contributed by atoms with Crippen LogP contribution in [0.3, 0.4) is 0 Å². The van der Waals surface area contributed by atoms with Crippen molar-refractivity contribution >= 4 is 23.5 Å². The number of phenols is 1. The lowest BCUT2D eigenvalue weighted by atomic mass is 10.1. The van der Waals surface area contributed by atoms with Crippen molar-refractivity contribution in [2.45, 2.75) is 6.92 Å². The molecule has 0 atom stereocenters. The number of nitrogens with two attached hydrogens (primary N) is 1. The highest BCUT2D eigenvalue weighted by molar-refractivity contribution is 7.07. The Balaban J connectivity index is 2.12. The molecular weight excluding hydrogens is 350 g/mol. The molecule has 0 bridgehead atoms. The molecule has 0 aliphatic carbocycles. The molecule has 7 nitrogen and oxygen atoms in total. The van der Waals surface area contributed by atoms with Crippen LogP contribution in [0, 0.1) is 0 Å². The van der Waals surface area contributed by atoms with Crippen LogP contribution in [-0.2, 0) is 0 Å². The number of amides is 1. The van der Waals surface area contributed by atoms with E-state index in [2.05, 4.69) is 15.1 Å². The molecule has 3 aromatic rings. The summed E-state index contributed by atoms with van der Waals surface area (Å²) in [6, 6.07) is 10.2. The number of benzene rings is 1. The van der Waals surface area contributed by atoms with E-state index in [1.165, 1.54) is 17.4 Å². The lowest BCUT2D eigenvalue weighted by Crippen LogP contribution is -2.13. The van der Waals surface area contributed by atoms with Gasteiger partial charge in [-0.1, -0.05) is 6.07 Å². The first-order valence-electron chi connectivity index (χ1n) is 7.89. The van der Waals surface area contributed by atoms with E-state index in [1.54, 1.807) is 29.2 Å². The highest BCUT2D eigenvalue weighted by Crippen LogP contribution is 2.26. The number of aromatic nitrogens is 2. The highest BCUT2D eigenvalue weighted by atomic mass is 32.1. The van der Waals surface area contributed by atoms with Crippen LogP contribution in [0.2, 0.25) is 0 Å². The van der Waals surface area contributed by atoms with Crippen molar-refractivity contribution in [2.75, 3.05) is 6.54 Å². The number of thiazole rings is 1. The van der Waals surface area contributed by atoms with Crippen LogP contribution in [0.4, 0.5) is 0 Å². The number of primary amides is 1. The third kappa shape index (κ3) is 3.70. The first-order chi connectivity index (χ1) is 12.6. The fourth-order valence-electron chi connectivity index (χ4n) is 2.31. The molecule has 0 saturated carbocycles. The molecule has 0 radical (unpaired) electrons. The third-order valence-electron chi connectivity index (χ3n) is 3.53. The zero-order valence-electron chi connectivity index (χ0n) is 14.0. The van der Waals surface area contributed by atoms with Gasteiger partial charge in [-0.05, 0) is 37.3 Å². The van der Waals surface area contributed by atoms with Crippen molar-refractivity contribution < 1.29 is 9.90 Å². The van der Waals surface area contributed by atoms with Crippen molar-refractivity contribution in [2.24, 2.45) is 15.8 Å². The summed E-state index contributed by atoms with van der Waals surface area (Å²) in [5, 5.41) is 16.2. The molecule has 1 aromatic carbocycles. The minimum absolute atomic E-state index is 0.0583. The van der Waals surface area contributed by atoms with Gasteiger partial charge in [0.25, 0.3) is 5.91 Å². The van der Waals surface area contributed by atoms with Crippen LogP contribution in [-0.4, -0.2) is 33.4 Å². The van der Waals surface area contributed by atoms with E-state index in [0.29, 0.717) is 22.6 Å². The molecule has 2 aromatic heterocycles. The van der Waals surface area contributed by atoms with Gasteiger partial charge >= 0.3 is 0 Å². The summed E-state index contributed by atoms with van der Waals surface area (Å²) < 4.78 is 1.68. The van der Waals surface area contributed by atoms with Gasteiger partial charge in [-0.15, -0.1) is 11.3 Å². The second kappa shape index (κ2) is 7.75. The number of hydrogen-bond donors (Lipinski definition) is 2. The second-order valence-electron chi connectivity index (χ2n) is 5.29. The fourth-order valence-corrected chi connectivity index (χ4v) is 3.22. The Labute approximate surface area is 153 Å². The molecule has 0 aliphatic heterocycles. The van der Waals surface area contributed by atoms with Gasteiger partial charge in [0.1, 0.15) is 5.75 Å². The van der Waals surface area contributed by atoms with E-state index < -0.39 is 5.91 Å². The van der Waals surface area contributed by atoms with Gasteiger partial charge in [0, 0.05) is 23.7 Å². The van der Waals surface area contributed by atoms with Crippen molar-refractivity contribution in [3.8, 4) is 17.0 Å². The van der Waals surface area contributed by atoms with Crippen molar-refractivity contribution in [1.29, 1.82) is 0 Å². The van der Waals surface area contributed by atoms with Crippen LogP contribution < -0.4 is 10.5 Å². The SMILES string of the molecule is CCN=c1scc(-c2ccc(O)c(C(N)=O)c2)n1/N=C\c1ccccn1. The summed E-state index contributed by atoms with van der Waals surface area (Å²) in [5.74, 6) is -0.847. The normalized spacial score (nSPS) is 12.0. The quantitative estimate of drug-likeness (QED) is 0.675. The minimum atomic E-state index is -0.693. The van der Waals surface area contributed by atoms with Gasteiger partial charge in [-0.3, -0.25) is 14.8 Å². The highest BCUT2D eigenvalue weighted by Gasteiger charge is 2.13. The monoisotopic (exact) mass is 367 g/mol. The maximum absolute atomic E-state index is 11.5. The standard InChI is InChI=1S/C18H17N5O2S/c1-2-20-18-23(22-10-13-5-3-4-8-21-13)15(11-26-18)12-6-7-16(24)14(9-12)17(19)25/h3-11,24H,2H2,1H3,(H2,19,25)/b20-18?,22-10-. The summed E-state index contributed by atoms with van der Waals surface area (Å²) in [5.41, 5.74) is 7.53. The average molecular weight is 367 g/mol. The second-order valence-corrected chi connectivity index (χ2v) is 6.12. The largest absolute Gasteiger partial charge is 0.507 e. The van der Waals surface area contributed by atoms with Crippen molar-refractivity contribution in [3.63, 3.8) is 0 Å². The number of carbonyl (C=O) groups excluding carboxylic acids is 1. The Kier molecular flexibility index (Phi) is 5.23. The Bertz CT molecular complexity index is 1020. The van der Waals surface area contributed by atoms with Gasteiger partial charge < -0.3 is 10.8 Å². The predicted octanol–water partition coefficient (Wildman–Crippen LogP) is 2.22. The van der Waals surface area contributed by atoms with Crippen LogP contribution in [0.1, 0.15) is 23.0 Å². The zero-order valence-corrected chi connectivity index (χ0v) is 14.8. The minimum Gasteiger partial charge on any atom is -0.507 e. The number of rotatable bonds is 5. The Morgan fingerprint density at radius 2 is 2.23 bits per heavy atom. The zero-order chi connectivity index (χ0) is 18.5. The summed E-state index contributed by atoms with van der Waals surface area (Å²) >= 11 is 1.43. The smallest absolute Gasteiger partial charge is 0.252 e. The summed E-state index contributed by atoms with van der Waals surface area (Å²) in [6.07, 6.45) is 3.33. The molecule has 8 heteroatoms. The Morgan fingerprint density at radius 3 is 2.92 bits per heavy atom. The number of nitrogens with zero attached hydrogens (tertiary/aromatic N) is 4. The first-order valence-corrected chi connectivity index (χ1v) is 8.77. The molecule has 0 fully saturated rings. The van der Waals surface area contributed by atoms with Crippen LogP contribution in [0.25, 0.3) is 11.3 Å². The molecule has 0 unspecified atom stereocenters. The number of carbonyl (C=O) groups is 1. The fraction of sp³-hybridized carbons (Fsp3) is 0.111. The molecule has 2 heterocycles. The van der Waals surface area contributed by atoms with E-state index in [9.17, 15) is 9.90 Å². The molecule has 26 heavy (non-hydrogen) atoms. The lowest BCUT2D eigenvalue weighted by molar-refractivity contribution is 0.0998. The van der Waals surface area contributed by atoms with E-state index in [1.807, 2.05) is 30.5 Å². The number of aromatic hydroxyl groups is 1. The molecule has 3 rings (SSSR count). The van der Waals surface area contributed by atoms with Gasteiger partial charge in [-0.2, -0.15) is 5.10 Å². The summed E-state index contributed by atoms with van der Waals surface area (Å²) in [4.78, 5) is 20.9. The van der Waals surface area contributed by atoms with Crippen LogP contribution >= 0.6 is 11.3 Å². The van der Waals surface area contributed by atoms with Crippen LogP contribution in [0.5, 0.6) is 5.75 Å². The molecule has 0 saturated heterocycles. The Hall–Kier alpha value is -3.26. The van der Waals surface area contributed by atoms with Crippen molar-refractivity contribution in [3.05, 3.63) is 64.0 Å². The first kappa shape index (κ1) is 17.6. The van der Waals surface area contributed by atoms with Gasteiger partial charge in [0.15, 0.2) is 0 Å². The molecule has 0 aliphatic rings. The van der Waals surface area contributed by atoms with Crippen LogP contribution in [0.15, 0.2) is 58.1 Å². The van der Waals surface area contributed by atoms with Gasteiger partial charge in [0.2, 0.25) is 4.80 Å². The van der Waals surface area contributed by atoms with E-state index in [0.717, 1.165) is 5.69 Å². The third-order valence-corrected chi connectivity index (χ3v) is 4.38. The average Bonchev–Trinajstić information content (AvgIpc) is 3.04.